The average Bonchev–Trinajstić information content (AvgIpc) is 3.08. The van der Waals surface area contributed by atoms with Crippen molar-refractivity contribution in [1.82, 2.24) is 4.98 Å². The molecule has 4 heteroatoms. The molecule has 2 aromatic rings. The van der Waals surface area contributed by atoms with E-state index in [-0.39, 0.29) is 0 Å². The number of nitrogens with zero attached hydrogens (tertiary/aromatic N) is 2. The van der Waals surface area contributed by atoms with Crippen molar-refractivity contribution in [3.63, 3.8) is 0 Å². The van der Waals surface area contributed by atoms with Gasteiger partial charge in [0, 0.05) is 31.3 Å². The summed E-state index contributed by atoms with van der Waals surface area (Å²) in [7, 11) is 4.09. The topological polar surface area (TPSA) is 42.2 Å². The van der Waals surface area contributed by atoms with E-state index in [0.717, 1.165) is 16.3 Å². The van der Waals surface area contributed by atoms with Crippen molar-refractivity contribution in [2.75, 3.05) is 24.7 Å². The summed E-state index contributed by atoms with van der Waals surface area (Å²) < 4.78 is 0. The molecule has 2 N–H and O–H groups in total. The van der Waals surface area contributed by atoms with Crippen LogP contribution in [0, 0.1) is 0 Å². The Labute approximate surface area is 124 Å². The number of thiazole rings is 1. The largest absolute Gasteiger partial charge is 0.389 e. The molecule has 1 fully saturated rings. The number of aromatic nitrogens is 1. The molecule has 20 heavy (non-hydrogen) atoms. The smallest absolute Gasteiger partial charge is 0.114 e. The van der Waals surface area contributed by atoms with Gasteiger partial charge in [0.05, 0.1) is 5.01 Å². The third-order valence-corrected chi connectivity index (χ3v) is 5.08. The fraction of sp³-hybridized carbons (Fsp3) is 0.438. The van der Waals surface area contributed by atoms with Gasteiger partial charge >= 0.3 is 0 Å². The van der Waals surface area contributed by atoms with Gasteiger partial charge in [-0.05, 0) is 25.0 Å². The van der Waals surface area contributed by atoms with Crippen LogP contribution in [0.3, 0.4) is 0 Å². The average molecular weight is 287 g/mol. The number of hydrogen-bond acceptors (Lipinski definition) is 4. The van der Waals surface area contributed by atoms with Crippen LogP contribution in [0.5, 0.6) is 0 Å². The molecule has 106 valence electrons. The Hall–Kier alpha value is -1.55. The van der Waals surface area contributed by atoms with Gasteiger partial charge in [0.1, 0.15) is 10.7 Å². The molecular weight excluding hydrogens is 266 g/mol. The Balaban J connectivity index is 1.89. The minimum Gasteiger partial charge on any atom is -0.389 e. The van der Waals surface area contributed by atoms with Gasteiger partial charge in [0.25, 0.3) is 0 Å². The predicted octanol–water partition coefficient (Wildman–Crippen LogP) is 4.12. The summed E-state index contributed by atoms with van der Waals surface area (Å²) in [5.74, 6) is 0.636. The number of anilines is 2. The van der Waals surface area contributed by atoms with E-state index in [4.69, 9.17) is 10.7 Å². The monoisotopic (exact) mass is 287 g/mol. The molecule has 1 heterocycles. The predicted molar refractivity (Wildman–Crippen MR) is 87.5 cm³/mol. The number of benzene rings is 1. The summed E-state index contributed by atoms with van der Waals surface area (Å²) in [6.07, 6.45) is 5.20. The van der Waals surface area contributed by atoms with Gasteiger partial charge in [-0.15, -0.1) is 11.3 Å². The quantitative estimate of drug-likeness (QED) is 0.923. The van der Waals surface area contributed by atoms with E-state index in [9.17, 15) is 0 Å². The van der Waals surface area contributed by atoms with Crippen LogP contribution in [-0.4, -0.2) is 19.1 Å². The fourth-order valence-electron chi connectivity index (χ4n) is 2.82. The Kier molecular flexibility index (Phi) is 3.66. The Morgan fingerprint density at radius 1 is 1.15 bits per heavy atom. The first kappa shape index (κ1) is 13.4. The highest BCUT2D eigenvalue weighted by atomic mass is 32.1. The first-order valence-corrected chi connectivity index (χ1v) is 8.01. The summed E-state index contributed by atoms with van der Waals surface area (Å²) in [5, 5.41) is 2.08. The molecule has 0 unspecified atom stereocenters. The van der Waals surface area contributed by atoms with Gasteiger partial charge in [-0.25, -0.2) is 4.98 Å². The Morgan fingerprint density at radius 2 is 1.80 bits per heavy atom. The molecule has 1 aromatic heterocycles. The molecule has 0 atom stereocenters. The summed E-state index contributed by atoms with van der Waals surface area (Å²) in [6, 6.07) is 8.45. The van der Waals surface area contributed by atoms with E-state index in [1.807, 2.05) is 14.1 Å². The molecule has 0 aliphatic heterocycles. The summed E-state index contributed by atoms with van der Waals surface area (Å²) in [4.78, 5) is 6.91. The van der Waals surface area contributed by atoms with Crippen LogP contribution < -0.4 is 10.6 Å². The van der Waals surface area contributed by atoms with Crippen molar-refractivity contribution < 1.29 is 0 Å². The van der Waals surface area contributed by atoms with Crippen molar-refractivity contribution in [2.45, 2.75) is 31.6 Å². The van der Waals surface area contributed by atoms with E-state index in [1.54, 1.807) is 11.3 Å². The van der Waals surface area contributed by atoms with Crippen LogP contribution in [-0.2, 0) is 0 Å². The molecule has 0 amide bonds. The Morgan fingerprint density at radius 3 is 2.40 bits per heavy atom. The lowest BCUT2D eigenvalue weighted by Gasteiger charge is -2.12. The molecule has 0 spiro atoms. The van der Waals surface area contributed by atoms with Crippen LogP contribution in [0.2, 0.25) is 0 Å². The molecule has 3 nitrogen and oxygen atoms in total. The molecule has 3 rings (SSSR count). The Bertz CT molecular complexity index is 580. The molecule has 0 radical (unpaired) electrons. The maximum atomic E-state index is 6.18. The lowest BCUT2D eigenvalue weighted by atomic mass is 10.1. The van der Waals surface area contributed by atoms with E-state index in [2.05, 4.69) is 29.2 Å². The number of hydrogen-bond donors (Lipinski definition) is 1. The number of nitrogens with two attached hydrogens (primary N) is 1. The van der Waals surface area contributed by atoms with E-state index >= 15 is 0 Å². The lowest BCUT2D eigenvalue weighted by Crippen LogP contribution is -2.07. The normalized spacial score (nSPS) is 15.7. The molecule has 0 bridgehead atoms. The summed E-state index contributed by atoms with van der Waals surface area (Å²) >= 11 is 1.67. The van der Waals surface area contributed by atoms with Gasteiger partial charge in [-0.1, -0.05) is 25.0 Å². The second-order valence-corrected chi connectivity index (χ2v) is 6.75. The van der Waals surface area contributed by atoms with Gasteiger partial charge in [-0.2, -0.15) is 0 Å². The maximum absolute atomic E-state index is 6.18. The molecule has 1 aliphatic carbocycles. The lowest BCUT2D eigenvalue weighted by molar-refractivity contribution is 0.717. The zero-order valence-corrected chi connectivity index (χ0v) is 12.9. The van der Waals surface area contributed by atoms with Crippen molar-refractivity contribution >= 4 is 22.0 Å². The highest BCUT2D eigenvalue weighted by molar-refractivity contribution is 7.16. The van der Waals surface area contributed by atoms with Crippen molar-refractivity contribution in [3.8, 4) is 11.3 Å². The summed E-state index contributed by atoms with van der Waals surface area (Å²) in [5.41, 5.74) is 9.46. The number of rotatable bonds is 3. The van der Waals surface area contributed by atoms with Crippen molar-refractivity contribution in [2.24, 2.45) is 0 Å². The van der Waals surface area contributed by atoms with Crippen LogP contribution in [0.25, 0.3) is 11.3 Å². The van der Waals surface area contributed by atoms with E-state index in [0.29, 0.717) is 5.92 Å². The SMILES string of the molecule is CN(C)c1ccc(-c2nc(C3CCCC3)sc2N)cc1. The third kappa shape index (κ3) is 2.52. The second-order valence-electron chi connectivity index (χ2n) is 5.69. The van der Waals surface area contributed by atoms with Crippen LogP contribution in [0.1, 0.15) is 36.6 Å². The van der Waals surface area contributed by atoms with E-state index < -0.39 is 0 Å². The van der Waals surface area contributed by atoms with Gasteiger partial charge in [-0.3, -0.25) is 0 Å². The highest BCUT2D eigenvalue weighted by Crippen LogP contribution is 2.40. The van der Waals surface area contributed by atoms with Crippen LogP contribution in [0.15, 0.2) is 24.3 Å². The second kappa shape index (κ2) is 5.44. The molecule has 1 aliphatic rings. The number of nitrogen functional groups attached to an aromatic ring is 1. The molecule has 0 saturated heterocycles. The van der Waals surface area contributed by atoms with Gasteiger partial charge in [0.2, 0.25) is 0 Å². The summed E-state index contributed by atoms with van der Waals surface area (Å²) in [6.45, 7) is 0. The highest BCUT2D eigenvalue weighted by Gasteiger charge is 2.22. The van der Waals surface area contributed by atoms with Crippen molar-refractivity contribution in [1.29, 1.82) is 0 Å². The van der Waals surface area contributed by atoms with Gasteiger partial charge in [0.15, 0.2) is 0 Å². The minimum atomic E-state index is 0.636. The van der Waals surface area contributed by atoms with Crippen molar-refractivity contribution in [3.05, 3.63) is 29.3 Å². The fourth-order valence-corrected chi connectivity index (χ4v) is 3.85. The zero-order chi connectivity index (χ0) is 14.1. The van der Waals surface area contributed by atoms with Crippen LogP contribution >= 0.6 is 11.3 Å². The molecule has 1 aromatic carbocycles. The van der Waals surface area contributed by atoms with E-state index in [1.165, 1.54) is 36.4 Å². The molecular formula is C16H21N3S. The zero-order valence-electron chi connectivity index (χ0n) is 12.1. The third-order valence-electron chi connectivity index (χ3n) is 4.03. The van der Waals surface area contributed by atoms with Crippen LogP contribution in [0.4, 0.5) is 10.7 Å². The standard InChI is InChI=1S/C16H21N3S/c1-19(2)13-9-7-11(8-10-13)14-15(17)20-16(18-14)12-5-3-4-6-12/h7-10,12H,3-6,17H2,1-2H3. The molecule has 1 saturated carbocycles. The first-order chi connectivity index (χ1) is 9.65. The maximum Gasteiger partial charge on any atom is 0.114 e. The first-order valence-electron chi connectivity index (χ1n) is 7.19. The van der Waals surface area contributed by atoms with Gasteiger partial charge < -0.3 is 10.6 Å². The minimum absolute atomic E-state index is 0.636.